The number of amides is 1. The highest BCUT2D eigenvalue weighted by atomic mass is 79.9. The molecule has 0 unspecified atom stereocenters. The van der Waals surface area contributed by atoms with Gasteiger partial charge in [0.25, 0.3) is 5.56 Å². The third kappa shape index (κ3) is 4.37. The van der Waals surface area contributed by atoms with Crippen molar-refractivity contribution in [2.75, 3.05) is 4.90 Å². The minimum absolute atomic E-state index is 0.0565. The van der Waals surface area contributed by atoms with Crippen molar-refractivity contribution in [2.45, 2.75) is 26.9 Å². The molecule has 2 aromatic heterocycles. The Bertz CT molecular complexity index is 1280. The van der Waals surface area contributed by atoms with E-state index in [2.05, 4.69) is 35.0 Å². The molecular weight excluding hydrogens is 462 g/mol. The largest absolute Gasteiger partial charge is 0.305 e. The van der Waals surface area contributed by atoms with E-state index < -0.39 is 0 Å². The molecule has 2 heterocycles. The van der Waals surface area contributed by atoms with Crippen molar-refractivity contribution in [2.24, 2.45) is 0 Å². The van der Waals surface area contributed by atoms with Gasteiger partial charge in [-0.15, -0.1) is 0 Å². The maximum atomic E-state index is 13.3. The number of aromatic nitrogens is 2. The second-order valence-corrected chi connectivity index (χ2v) is 9.13. The molecule has 0 aliphatic rings. The number of carbonyl (C=O) groups is 1. The van der Waals surface area contributed by atoms with E-state index in [4.69, 9.17) is 4.98 Å². The number of thiazole rings is 1. The van der Waals surface area contributed by atoms with Gasteiger partial charge in [-0.2, -0.15) is 0 Å². The summed E-state index contributed by atoms with van der Waals surface area (Å²) in [5, 5.41) is 0.635. The van der Waals surface area contributed by atoms with Crippen LogP contribution in [0.1, 0.15) is 16.7 Å². The van der Waals surface area contributed by atoms with E-state index in [1.807, 2.05) is 37.3 Å². The van der Waals surface area contributed by atoms with Crippen LogP contribution in [0.5, 0.6) is 0 Å². The molecule has 0 bridgehead atoms. The number of halogens is 1. The molecule has 0 aliphatic carbocycles. The molecule has 0 saturated heterocycles. The zero-order chi connectivity index (χ0) is 21.3. The molecule has 0 fully saturated rings. The van der Waals surface area contributed by atoms with Crippen molar-refractivity contribution in [1.29, 1.82) is 0 Å². The highest BCUT2D eigenvalue weighted by Gasteiger charge is 2.21. The summed E-state index contributed by atoms with van der Waals surface area (Å²) in [6, 6.07) is 17.1. The molecule has 0 N–H and O–H groups in total. The summed E-state index contributed by atoms with van der Waals surface area (Å²) in [6.45, 7) is 4.42. The maximum absolute atomic E-state index is 13.3. The van der Waals surface area contributed by atoms with Crippen LogP contribution in [-0.4, -0.2) is 15.5 Å². The van der Waals surface area contributed by atoms with E-state index in [-0.39, 0.29) is 18.0 Å². The lowest BCUT2D eigenvalue weighted by molar-refractivity contribution is -0.119. The van der Waals surface area contributed by atoms with Crippen molar-refractivity contribution >= 4 is 48.5 Å². The predicted octanol–water partition coefficient (Wildman–Crippen LogP) is 5.07. The molecule has 0 aliphatic heterocycles. The third-order valence-electron chi connectivity index (χ3n) is 4.79. The first-order valence-corrected chi connectivity index (χ1v) is 11.1. The van der Waals surface area contributed by atoms with Gasteiger partial charge in [0.1, 0.15) is 6.54 Å². The zero-order valence-electron chi connectivity index (χ0n) is 16.6. The second-order valence-electron chi connectivity index (χ2n) is 7.20. The Morgan fingerprint density at radius 2 is 1.90 bits per heavy atom. The van der Waals surface area contributed by atoms with Gasteiger partial charge in [0, 0.05) is 16.7 Å². The van der Waals surface area contributed by atoms with Crippen LogP contribution in [0.4, 0.5) is 5.13 Å². The molecule has 4 rings (SSSR count). The lowest BCUT2D eigenvalue weighted by Gasteiger charge is -2.20. The Labute approximate surface area is 186 Å². The van der Waals surface area contributed by atoms with Gasteiger partial charge in [0.2, 0.25) is 5.91 Å². The summed E-state index contributed by atoms with van der Waals surface area (Å²) in [5.41, 5.74) is 3.94. The van der Waals surface area contributed by atoms with Crippen LogP contribution in [-0.2, 0) is 17.9 Å². The zero-order valence-corrected chi connectivity index (χ0v) is 19.0. The van der Waals surface area contributed by atoms with Gasteiger partial charge in [0.05, 0.1) is 16.8 Å². The van der Waals surface area contributed by atoms with Gasteiger partial charge in [-0.05, 0) is 58.6 Å². The van der Waals surface area contributed by atoms with E-state index in [1.54, 1.807) is 17.2 Å². The fraction of sp³-hybridized carbons (Fsp3) is 0.174. The number of rotatable bonds is 5. The molecule has 2 aromatic carbocycles. The van der Waals surface area contributed by atoms with Gasteiger partial charge in [-0.3, -0.25) is 14.5 Å². The van der Waals surface area contributed by atoms with Crippen LogP contribution in [0.3, 0.4) is 0 Å². The number of hydrogen-bond acceptors (Lipinski definition) is 4. The Morgan fingerprint density at radius 1 is 1.13 bits per heavy atom. The topological polar surface area (TPSA) is 55.2 Å². The summed E-state index contributed by atoms with van der Waals surface area (Å²) in [4.78, 5) is 32.0. The van der Waals surface area contributed by atoms with Crippen molar-refractivity contribution in [3.8, 4) is 0 Å². The van der Waals surface area contributed by atoms with Crippen LogP contribution in [0.2, 0.25) is 0 Å². The van der Waals surface area contributed by atoms with Gasteiger partial charge in [-0.25, -0.2) is 4.98 Å². The van der Waals surface area contributed by atoms with Crippen LogP contribution in [0.25, 0.3) is 10.2 Å². The number of hydrogen-bond donors (Lipinski definition) is 0. The van der Waals surface area contributed by atoms with Crippen molar-refractivity contribution in [3.63, 3.8) is 0 Å². The van der Waals surface area contributed by atoms with Crippen molar-refractivity contribution in [3.05, 3.63) is 92.3 Å². The van der Waals surface area contributed by atoms with E-state index in [0.717, 1.165) is 31.4 Å². The minimum Gasteiger partial charge on any atom is -0.305 e. The number of nitrogens with zero attached hydrogens (tertiary/aromatic N) is 3. The smallest absolute Gasteiger partial charge is 0.251 e. The van der Waals surface area contributed by atoms with E-state index in [0.29, 0.717) is 11.7 Å². The third-order valence-corrected chi connectivity index (χ3v) is 6.28. The highest BCUT2D eigenvalue weighted by molar-refractivity contribution is 9.10. The average molecular weight is 482 g/mol. The molecule has 1 amide bonds. The standard InChI is InChI=1S/C23H20BrN3O2S/c1-15-10-16(2)22-19(11-15)30-23(25-22)27(12-17-6-4-3-5-7-17)21(29)14-26-13-18(24)8-9-20(26)28/h3-11,13H,12,14H2,1-2H3. The number of fused-ring (bicyclic) bond motifs is 1. The second kappa shape index (κ2) is 8.53. The molecule has 0 atom stereocenters. The van der Waals surface area contributed by atoms with E-state index in [9.17, 15) is 9.59 Å². The van der Waals surface area contributed by atoms with Crippen LogP contribution in [0, 0.1) is 13.8 Å². The Balaban J connectivity index is 1.74. The number of carbonyl (C=O) groups excluding carboxylic acids is 1. The van der Waals surface area contributed by atoms with Gasteiger partial charge < -0.3 is 4.57 Å². The minimum atomic E-state index is -0.220. The SMILES string of the molecule is Cc1cc(C)c2nc(N(Cc3ccccc3)C(=O)Cn3cc(Br)ccc3=O)sc2c1. The Morgan fingerprint density at radius 3 is 2.67 bits per heavy atom. The average Bonchev–Trinajstić information content (AvgIpc) is 3.13. The highest BCUT2D eigenvalue weighted by Crippen LogP contribution is 2.32. The molecule has 152 valence electrons. The summed E-state index contributed by atoms with van der Waals surface area (Å²) in [6.07, 6.45) is 1.63. The summed E-state index contributed by atoms with van der Waals surface area (Å²) in [7, 11) is 0. The predicted molar refractivity (Wildman–Crippen MR) is 125 cm³/mol. The molecule has 30 heavy (non-hydrogen) atoms. The van der Waals surface area contributed by atoms with E-state index in [1.165, 1.54) is 22.0 Å². The maximum Gasteiger partial charge on any atom is 0.251 e. The van der Waals surface area contributed by atoms with Crippen LogP contribution in [0.15, 0.2) is 70.1 Å². The summed E-state index contributed by atoms with van der Waals surface area (Å²) in [5.74, 6) is -0.188. The Kier molecular flexibility index (Phi) is 5.83. The summed E-state index contributed by atoms with van der Waals surface area (Å²) < 4.78 is 3.20. The number of pyridine rings is 1. The first kappa shape index (κ1) is 20.5. The van der Waals surface area contributed by atoms with Crippen LogP contribution < -0.4 is 10.5 Å². The molecule has 0 saturated carbocycles. The molecular formula is C23H20BrN3O2S. The van der Waals surface area contributed by atoms with Crippen LogP contribution >= 0.6 is 27.3 Å². The Hall–Kier alpha value is -2.77. The number of aryl methyl sites for hydroxylation is 2. The fourth-order valence-corrected chi connectivity index (χ4v) is 4.90. The quantitative estimate of drug-likeness (QED) is 0.399. The van der Waals surface area contributed by atoms with Gasteiger partial charge in [-0.1, -0.05) is 47.7 Å². The van der Waals surface area contributed by atoms with Crippen molar-refractivity contribution < 1.29 is 4.79 Å². The molecule has 0 radical (unpaired) electrons. The van der Waals surface area contributed by atoms with Gasteiger partial charge >= 0.3 is 0 Å². The fourth-order valence-electron chi connectivity index (χ4n) is 3.36. The number of benzene rings is 2. The molecule has 7 heteroatoms. The molecule has 5 nitrogen and oxygen atoms in total. The lowest BCUT2D eigenvalue weighted by atomic mass is 10.1. The van der Waals surface area contributed by atoms with Crippen molar-refractivity contribution in [1.82, 2.24) is 9.55 Å². The molecule has 4 aromatic rings. The first-order chi connectivity index (χ1) is 14.4. The molecule has 0 spiro atoms. The van der Waals surface area contributed by atoms with E-state index >= 15 is 0 Å². The normalized spacial score (nSPS) is 11.0. The first-order valence-electron chi connectivity index (χ1n) is 9.49. The summed E-state index contributed by atoms with van der Waals surface area (Å²) >= 11 is 4.86. The lowest BCUT2D eigenvalue weighted by Crippen LogP contribution is -2.36. The monoisotopic (exact) mass is 481 g/mol. The number of anilines is 1. The van der Waals surface area contributed by atoms with Gasteiger partial charge in [0.15, 0.2) is 5.13 Å².